The van der Waals surface area contributed by atoms with Crippen LogP contribution in [0.3, 0.4) is 0 Å². The first-order valence-corrected chi connectivity index (χ1v) is 10.1. The van der Waals surface area contributed by atoms with Crippen molar-refractivity contribution >= 4 is 16.6 Å². The molecule has 1 heterocycles. The van der Waals surface area contributed by atoms with E-state index in [1.54, 1.807) is 12.1 Å². The van der Waals surface area contributed by atoms with Crippen LogP contribution < -0.4 is 5.32 Å². The van der Waals surface area contributed by atoms with Crippen molar-refractivity contribution in [2.45, 2.75) is 38.3 Å². The first kappa shape index (κ1) is 18.3. The topological polar surface area (TPSA) is 27.8 Å². The number of aromatic nitrogens is 1. The maximum atomic E-state index is 12.7. The fraction of sp³-hybridized carbons (Fsp3) is 0.333. The van der Waals surface area contributed by atoms with Gasteiger partial charge >= 0.3 is 6.18 Å². The van der Waals surface area contributed by atoms with Gasteiger partial charge in [-0.25, -0.2) is 0 Å². The molecular weight excluding hydrogens is 373 g/mol. The summed E-state index contributed by atoms with van der Waals surface area (Å²) in [7, 11) is 0. The van der Waals surface area contributed by atoms with Gasteiger partial charge in [0.2, 0.25) is 0 Å². The second kappa shape index (κ2) is 6.41. The number of alkyl halides is 3. The van der Waals surface area contributed by atoms with E-state index >= 15 is 0 Å². The number of anilines is 1. The molecule has 2 aliphatic carbocycles. The lowest BCUT2D eigenvalue weighted by Gasteiger charge is -2.09. The molecule has 1 atom stereocenters. The Morgan fingerprint density at radius 3 is 2.41 bits per heavy atom. The van der Waals surface area contributed by atoms with Crippen molar-refractivity contribution in [1.82, 2.24) is 4.98 Å². The van der Waals surface area contributed by atoms with Crippen LogP contribution >= 0.6 is 0 Å². The summed E-state index contributed by atoms with van der Waals surface area (Å²) in [6.07, 6.45) is 3.11. The van der Waals surface area contributed by atoms with Crippen LogP contribution in [0.5, 0.6) is 0 Å². The molecule has 1 unspecified atom stereocenters. The van der Waals surface area contributed by atoms with Crippen LogP contribution in [0.4, 0.5) is 18.9 Å². The van der Waals surface area contributed by atoms with Crippen LogP contribution in [0.2, 0.25) is 0 Å². The van der Waals surface area contributed by atoms with Crippen molar-refractivity contribution in [3.05, 3.63) is 77.6 Å². The molecule has 0 aliphatic heterocycles. The lowest BCUT2D eigenvalue weighted by molar-refractivity contribution is -0.137. The Hall–Kier alpha value is -2.69. The minimum atomic E-state index is -4.29. The van der Waals surface area contributed by atoms with Crippen molar-refractivity contribution in [2.24, 2.45) is 11.3 Å². The average molecular weight is 396 g/mol. The molecular formula is C24H23F3N2. The number of benzene rings is 2. The zero-order valence-corrected chi connectivity index (χ0v) is 16.1. The number of aryl methyl sites for hydroxylation is 2. The van der Waals surface area contributed by atoms with E-state index in [1.807, 2.05) is 6.20 Å². The highest BCUT2D eigenvalue weighted by atomic mass is 19.4. The highest BCUT2D eigenvalue weighted by Gasteiger charge is 2.63. The van der Waals surface area contributed by atoms with Gasteiger partial charge in [-0.05, 0) is 72.9 Å². The highest BCUT2D eigenvalue weighted by Crippen LogP contribution is 2.72. The Labute approximate surface area is 167 Å². The summed E-state index contributed by atoms with van der Waals surface area (Å²) in [6, 6.07) is 11.7. The third-order valence-corrected chi connectivity index (χ3v) is 6.53. The van der Waals surface area contributed by atoms with Gasteiger partial charge in [-0.1, -0.05) is 24.8 Å². The van der Waals surface area contributed by atoms with Crippen LogP contribution in [-0.4, -0.2) is 4.98 Å². The van der Waals surface area contributed by atoms with Crippen LogP contribution in [0, 0.1) is 11.3 Å². The minimum absolute atomic E-state index is 0.572. The van der Waals surface area contributed by atoms with Crippen molar-refractivity contribution < 1.29 is 13.2 Å². The number of allylic oxidation sites excluding steroid dienone is 1. The molecule has 5 rings (SSSR count). The lowest BCUT2D eigenvalue weighted by atomic mass is 10.0. The van der Waals surface area contributed by atoms with Gasteiger partial charge in [-0.15, -0.1) is 0 Å². The summed E-state index contributed by atoms with van der Waals surface area (Å²) < 4.78 is 38.1. The van der Waals surface area contributed by atoms with E-state index < -0.39 is 11.7 Å². The van der Waals surface area contributed by atoms with Crippen LogP contribution in [0.15, 0.2) is 60.9 Å². The van der Waals surface area contributed by atoms with Crippen molar-refractivity contribution in [1.29, 1.82) is 0 Å². The maximum absolute atomic E-state index is 12.7. The Bertz CT molecular complexity index is 1070. The molecule has 1 spiro atoms. The van der Waals surface area contributed by atoms with Gasteiger partial charge in [0.1, 0.15) is 0 Å². The molecule has 0 bridgehead atoms. The summed E-state index contributed by atoms with van der Waals surface area (Å²) in [5.74, 6) is 0.607. The lowest BCUT2D eigenvalue weighted by Crippen LogP contribution is -2.04. The molecule has 2 aliphatic rings. The van der Waals surface area contributed by atoms with Crippen LogP contribution in [0.25, 0.3) is 10.9 Å². The molecule has 29 heavy (non-hydrogen) atoms. The molecule has 2 fully saturated rings. The van der Waals surface area contributed by atoms with E-state index in [0.29, 0.717) is 17.8 Å². The number of fused-ring (bicyclic) bond motifs is 1. The maximum Gasteiger partial charge on any atom is 0.416 e. The normalized spacial score (nSPS) is 19.5. The van der Waals surface area contributed by atoms with Gasteiger partial charge in [0.05, 0.1) is 11.3 Å². The molecule has 2 N–H and O–H groups in total. The molecule has 3 aromatic rings. The summed E-state index contributed by atoms with van der Waals surface area (Å²) in [6.45, 7) is 4.25. The largest absolute Gasteiger partial charge is 0.416 e. The monoisotopic (exact) mass is 396 g/mol. The summed E-state index contributed by atoms with van der Waals surface area (Å²) >= 11 is 0. The number of hydrogen-bond acceptors (Lipinski definition) is 1. The third kappa shape index (κ3) is 3.54. The molecule has 0 radical (unpaired) electrons. The number of halogens is 3. The fourth-order valence-corrected chi connectivity index (χ4v) is 4.39. The molecule has 2 aromatic carbocycles. The van der Waals surface area contributed by atoms with E-state index in [9.17, 15) is 13.2 Å². The van der Waals surface area contributed by atoms with E-state index in [0.717, 1.165) is 52.0 Å². The average Bonchev–Trinajstić information content (AvgIpc) is 3.60. The number of nitrogens with one attached hydrogen (secondary N) is 2. The van der Waals surface area contributed by atoms with E-state index in [1.165, 1.54) is 19.3 Å². The first-order valence-electron chi connectivity index (χ1n) is 10.1. The van der Waals surface area contributed by atoms with Gasteiger partial charge < -0.3 is 10.3 Å². The Balaban J connectivity index is 1.27. The molecule has 0 amide bonds. The van der Waals surface area contributed by atoms with Crippen molar-refractivity contribution in [2.75, 3.05) is 5.32 Å². The van der Waals surface area contributed by atoms with Gasteiger partial charge in [0.25, 0.3) is 0 Å². The predicted octanol–water partition coefficient (Wildman–Crippen LogP) is 6.70. The van der Waals surface area contributed by atoms with Gasteiger partial charge in [-0.3, -0.25) is 0 Å². The van der Waals surface area contributed by atoms with E-state index in [4.69, 9.17) is 0 Å². The summed E-state index contributed by atoms with van der Waals surface area (Å²) in [4.78, 5) is 3.30. The zero-order chi connectivity index (χ0) is 20.2. The molecule has 0 saturated heterocycles. The second-order valence-electron chi connectivity index (χ2n) is 8.55. The number of aromatic amines is 1. The Kier molecular flexibility index (Phi) is 4.05. The highest BCUT2D eigenvalue weighted by molar-refractivity contribution is 5.93. The van der Waals surface area contributed by atoms with Crippen molar-refractivity contribution in [3.8, 4) is 0 Å². The molecule has 2 nitrogen and oxygen atoms in total. The third-order valence-electron chi connectivity index (χ3n) is 6.53. The molecule has 1 aromatic heterocycles. The van der Waals surface area contributed by atoms with E-state index in [-0.39, 0.29) is 0 Å². The molecule has 150 valence electrons. The van der Waals surface area contributed by atoms with Gasteiger partial charge in [-0.2, -0.15) is 13.2 Å². The minimum Gasteiger partial charge on any atom is -0.359 e. The second-order valence-corrected chi connectivity index (χ2v) is 8.55. The summed E-state index contributed by atoms with van der Waals surface area (Å²) in [5.41, 5.74) is 5.26. The standard InChI is InChI=1S/C24H23F3N2/c1-15(20-13-23(20)10-11-23)29-22-14-28-21-9-6-17(12-19(21)22)3-2-16-4-7-18(8-5-16)24(25,26)27/h4-9,12,14,20,28-29H,1-3,10-11,13H2. The van der Waals surface area contributed by atoms with E-state index in [2.05, 4.69) is 35.1 Å². The molecule has 2 saturated carbocycles. The van der Waals surface area contributed by atoms with Crippen LogP contribution in [-0.2, 0) is 19.0 Å². The van der Waals surface area contributed by atoms with Crippen LogP contribution in [0.1, 0.15) is 36.0 Å². The predicted molar refractivity (Wildman–Crippen MR) is 110 cm³/mol. The Morgan fingerprint density at radius 1 is 1.07 bits per heavy atom. The van der Waals surface area contributed by atoms with Gasteiger partial charge in [0.15, 0.2) is 0 Å². The number of hydrogen-bond donors (Lipinski definition) is 2. The van der Waals surface area contributed by atoms with Gasteiger partial charge in [0, 0.05) is 28.7 Å². The zero-order valence-electron chi connectivity index (χ0n) is 16.1. The summed E-state index contributed by atoms with van der Waals surface area (Å²) in [5, 5.41) is 4.64. The smallest absolute Gasteiger partial charge is 0.359 e. The Morgan fingerprint density at radius 2 is 1.76 bits per heavy atom. The SMILES string of the molecule is C=C(Nc1c[nH]c2ccc(CCc3ccc(C(F)(F)F)cc3)cc12)C1CC12CC2. The molecule has 5 heteroatoms. The number of H-pyrrole nitrogens is 1. The first-order chi connectivity index (χ1) is 13.8. The fourth-order valence-electron chi connectivity index (χ4n) is 4.39. The quantitative estimate of drug-likeness (QED) is 0.477. The number of rotatable bonds is 6. The van der Waals surface area contributed by atoms with Crippen molar-refractivity contribution in [3.63, 3.8) is 0 Å².